The molecule has 162 valence electrons. The predicted molar refractivity (Wildman–Crippen MR) is 105 cm³/mol. The zero-order valence-electron chi connectivity index (χ0n) is 16.9. The summed E-state index contributed by atoms with van der Waals surface area (Å²) in [5.74, 6) is 1.26. The Morgan fingerprint density at radius 3 is 2.87 bits per heavy atom. The van der Waals surface area contributed by atoms with Crippen LogP contribution in [0, 0.1) is 0 Å². The highest BCUT2D eigenvalue weighted by Crippen LogP contribution is 2.39. The van der Waals surface area contributed by atoms with E-state index in [-0.39, 0.29) is 24.9 Å². The van der Waals surface area contributed by atoms with E-state index in [4.69, 9.17) is 0 Å². The van der Waals surface area contributed by atoms with Gasteiger partial charge in [-0.15, -0.1) is 0 Å². The fourth-order valence-corrected chi connectivity index (χ4v) is 3.82. The van der Waals surface area contributed by atoms with Crippen molar-refractivity contribution in [2.75, 3.05) is 28.7 Å². The summed E-state index contributed by atoms with van der Waals surface area (Å²) in [5, 5.41) is 7.30. The molecule has 0 saturated heterocycles. The maximum atomic E-state index is 12.6. The van der Waals surface area contributed by atoms with Gasteiger partial charge in [-0.3, -0.25) is 9.48 Å². The van der Waals surface area contributed by atoms with Gasteiger partial charge < -0.3 is 15.1 Å². The molecule has 2 aliphatic heterocycles. The molecule has 8 nitrogen and oxygen atoms in total. The van der Waals surface area contributed by atoms with Crippen LogP contribution in [0.3, 0.4) is 0 Å². The largest absolute Gasteiger partial charge is 0.389 e. The minimum absolute atomic E-state index is 0.00488. The molecule has 0 radical (unpaired) electrons. The number of hydrogen-bond donors (Lipinski definition) is 1. The Hall–Kier alpha value is -2.85. The smallest absolute Gasteiger partial charge is 0.350 e. The van der Waals surface area contributed by atoms with Gasteiger partial charge in [-0.2, -0.15) is 23.3 Å². The normalized spacial score (nSPS) is 18.6. The van der Waals surface area contributed by atoms with Crippen LogP contribution in [0.15, 0.2) is 12.4 Å². The van der Waals surface area contributed by atoms with Crippen LogP contribution in [0.4, 0.5) is 30.6 Å². The molecule has 1 N–H and O–H groups in total. The number of alkyl halides is 3. The van der Waals surface area contributed by atoms with Crippen molar-refractivity contribution in [3.63, 3.8) is 0 Å². The molecule has 0 aliphatic carbocycles. The van der Waals surface area contributed by atoms with Crippen molar-refractivity contribution in [3.8, 4) is 0 Å². The van der Waals surface area contributed by atoms with Crippen LogP contribution in [0.2, 0.25) is 0 Å². The Bertz CT molecular complexity index is 943. The Balaban J connectivity index is 1.45. The number of carbonyl (C=O) groups excluding carboxylic acids is 1. The molecule has 11 heteroatoms. The van der Waals surface area contributed by atoms with Crippen LogP contribution in [0.1, 0.15) is 37.4 Å². The van der Waals surface area contributed by atoms with Gasteiger partial charge in [0.05, 0.1) is 11.9 Å². The lowest BCUT2D eigenvalue weighted by Gasteiger charge is -2.41. The number of rotatable bonds is 6. The third-order valence-electron chi connectivity index (χ3n) is 5.53. The molecule has 0 fully saturated rings. The Labute approximate surface area is 172 Å². The zero-order valence-corrected chi connectivity index (χ0v) is 16.9. The summed E-state index contributed by atoms with van der Waals surface area (Å²) in [5.41, 5.74) is 2.48. The first kappa shape index (κ1) is 20.4. The number of likely N-dealkylation sites (N-methyl/N-ethyl adjacent to an activating group) is 1. The maximum absolute atomic E-state index is 12.6. The number of aromatic nitrogens is 4. The average molecular weight is 423 g/mol. The maximum Gasteiger partial charge on any atom is 0.389 e. The summed E-state index contributed by atoms with van der Waals surface area (Å²) in [6.07, 6.45) is 0.00960. The molecule has 2 aromatic heterocycles. The molecule has 0 spiro atoms. The molecule has 2 aliphatic rings. The summed E-state index contributed by atoms with van der Waals surface area (Å²) in [6.45, 7) is 3.16. The molecule has 0 bridgehead atoms. The van der Waals surface area contributed by atoms with Crippen LogP contribution in [0.25, 0.3) is 0 Å². The van der Waals surface area contributed by atoms with Crippen LogP contribution in [-0.2, 0) is 24.3 Å². The molecular formula is C19H24F3N7O. The van der Waals surface area contributed by atoms with Gasteiger partial charge in [0.15, 0.2) is 5.82 Å². The van der Waals surface area contributed by atoms with Crippen molar-refractivity contribution >= 4 is 23.4 Å². The van der Waals surface area contributed by atoms with Gasteiger partial charge in [0.2, 0.25) is 11.9 Å². The second-order valence-corrected chi connectivity index (χ2v) is 7.73. The number of aryl methyl sites for hydroxylation is 2. The number of amides is 1. The van der Waals surface area contributed by atoms with Gasteiger partial charge in [-0.25, -0.2) is 4.98 Å². The van der Waals surface area contributed by atoms with Crippen LogP contribution < -0.4 is 15.1 Å². The van der Waals surface area contributed by atoms with E-state index in [0.29, 0.717) is 19.0 Å². The number of anilines is 3. The highest BCUT2D eigenvalue weighted by Gasteiger charge is 2.38. The van der Waals surface area contributed by atoms with Crippen molar-refractivity contribution in [2.45, 2.75) is 57.9 Å². The molecule has 1 unspecified atom stereocenters. The third-order valence-corrected chi connectivity index (χ3v) is 5.53. The van der Waals surface area contributed by atoms with Crippen molar-refractivity contribution in [1.29, 1.82) is 0 Å². The fourth-order valence-electron chi connectivity index (χ4n) is 3.82. The number of nitrogens with one attached hydrogen (secondary N) is 1. The number of nitrogens with zero attached hydrogens (tertiary/aromatic N) is 6. The standard InChI is InChI=1S/C19H24F3N7O/c1-12-17(30)29-8-3-5-14-15(29)16(27(12)2)26-18(25-14)23-9-13-10-24-28(11-13)7-4-6-19(20,21)22/h10-12H,3-9H2,1-2H3,(H,23,25,26). The van der Waals surface area contributed by atoms with E-state index >= 15 is 0 Å². The highest BCUT2D eigenvalue weighted by molar-refractivity contribution is 6.05. The first-order valence-corrected chi connectivity index (χ1v) is 10.00. The number of carbonyl (C=O) groups is 1. The monoisotopic (exact) mass is 423 g/mol. The van der Waals surface area contributed by atoms with E-state index in [2.05, 4.69) is 20.4 Å². The molecule has 1 atom stereocenters. The summed E-state index contributed by atoms with van der Waals surface area (Å²) < 4.78 is 38.3. The first-order valence-electron chi connectivity index (χ1n) is 10.00. The van der Waals surface area contributed by atoms with E-state index < -0.39 is 12.6 Å². The summed E-state index contributed by atoms with van der Waals surface area (Å²) in [4.78, 5) is 25.5. The molecule has 2 aromatic rings. The van der Waals surface area contributed by atoms with E-state index in [1.807, 2.05) is 18.9 Å². The minimum atomic E-state index is -4.15. The third kappa shape index (κ3) is 4.05. The average Bonchev–Trinajstić information content (AvgIpc) is 3.15. The van der Waals surface area contributed by atoms with Crippen molar-refractivity contribution in [2.24, 2.45) is 0 Å². The van der Waals surface area contributed by atoms with Gasteiger partial charge in [0.25, 0.3) is 0 Å². The second kappa shape index (κ2) is 7.77. The molecule has 0 aromatic carbocycles. The zero-order chi connectivity index (χ0) is 21.5. The van der Waals surface area contributed by atoms with Crippen LogP contribution in [-0.4, -0.2) is 51.5 Å². The Morgan fingerprint density at radius 2 is 2.10 bits per heavy atom. The van der Waals surface area contributed by atoms with Gasteiger partial charge in [-0.1, -0.05) is 0 Å². The second-order valence-electron chi connectivity index (χ2n) is 7.73. The molecule has 0 saturated carbocycles. The fraction of sp³-hybridized carbons (Fsp3) is 0.579. The summed E-state index contributed by atoms with van der Waals surface area (Å²) in [6, 6.07) is -0.291. The van der Waals surface area contributed by atoms with E-state index in [1.165, 1.54) is 4.68 Å². The van der Waals surface area contributed by atoms with Gasteiger partial charge in [0.1, 0.15) is 11.7 Å². The first-order chi connectivity index (χ1) is 14.2. The SMILES string of the molecule is CC1C(=O)N2CCCc3nc(NCc4cnn(CCCC(F)(F)F)c4)nc(c32)N1C. The van der Waals surface area contributed by atoms with Crippen molar-refractivity contribution < 1.29 is 18.0 Å². The lowest BCUT2D eigenvalue weighted by molar-refractivity contribution is -0.136. The van der Waals surface area contributed by atoms with Gasteiger partial charge in [-0.05, 0) is 26.2 Å². The molecule has 1 amide bonds. The van der Waals surface area contributed by atoms with Gasteiger partial charge in [0, 0.05) is 44.9 Å². The molecule has 4 heterocycles. The van der Waals surface area contributed by atoms with Crippen molar-refractivity contribution in [1.82, 2.24) is 19.7 Å². The lowest BCUT2D eigenvalue weighted by Crippen LogP contribution is -2.53. The minimum Gasteiger partial charge on any atom is -0.350 e. The van der Waals surface area contributed by atoms with Crippen LogP contribution >= 0.6 is 0 Å². The topological polar surface area (TPSA) is 79.2 Å². The number of hydrogen-bond acceptors (Lipinski definition) is 6. The highest BCUT2D eigenvalue weighted by atomic mass is 19.4. The Kier molecular flexibility index (Phi) is 5.29. The lowest BCUT2D eigenvalue weighted by atomic mass is 10.0. The molecule has 30 heavy (non-hydrogen) atoms. The van der Waals surface area contributed by atoms with E-state index in [1.54, 1.807) is 17.3 Å². The molecule has 4 rings (SSSR count). The Morgan fingerprint density at radius 1 is 1.30 bits per heavy atom. The van der Waals surface area contributed by atoms with Gasteiger partial charge >= 0.3 is 6.18 Å². The van der Waals surface area contributed by atoms with Crippen molar-refractivity contribution in [3.05, 3.63) is 23.7 Å². The van der Waals surface area contributed by atoms with E-state index in [9.17, 15) is 18.0 Å². The predicted octanol–water partition coefficient (Wildman–Crippen LogP) is 2.75. The number of halogens is 3. The molecular weight excluding hydrogens is 399 g/mol. The van der Waals surface area contributed by atoms with E-state index in [0.717, 1.165) is 35.6 Å². The summed E-state index contributed by atoms with van der Waals surface area (Å²) in [7, 11) is 1.85. The quantitative estimate of drug-likeness (QED) is 0.770. The summed E-state index contributed by atoms with van der Waals surface area (Å²) >= 11 is 0. The van der Waals surface area contributed by atoms with Crippen LogP contribution in [0.5, 0.6) is 0 Å².